The highest BCUT2D eigenvalue weighted by Crippen LogP contribution is 2.31. The normalized spacial score (nSPS) is 21.9. The Balaban J connectivity index is 0.00000200. The van der Waals surface area contributed by atoms with E-state index < -0.39 is 10.7 Å². The van der Waals surface area contributed by atoms with Crippen molar-refractivity contribution in [2.24, 2.45) is 0 Å². The molecule has 1 aromatic carbocycles. The Morgan fingerprint density at radius 2 is 2.10 bits per heavy atom. The largest absolute Gasteiger partial charge is 0.482 e. The first-order valence-corrected chi connectivity index (χ1v) is 6.39. The molecule has 0 heterocycles. The van der Waals surface area contributed by atoms with E-state index in [1.54, 1.807) is 0 Å². The molecule has 0 spiro atoms. The molecule has 2 atom stereocenters. The predicted octanol–water partition coefficient (Wildman–Crippen LogP) is 3.07. The number of nitro benzene ring substituents is 1. The molecule has 2 rings (SSSR count). The number of hydrogen-bond donors (Lipinski definition) is 1. The Morgan fingerprint density at radius 1 is 1.40 bits per heavy atom. The molecule has 1 N–H and O–H groups in total. The van der Waals surface area contributed by atoms with E-state index in [1.165, 1.54) is 0 Å². The van der Waals surface area contributed by atoms with Crippen LogP contribution in [0.1, 0.15) is 25.7 Å². The molecule has 2 unspecified atom stereocenters. The molecule has 1 aliphatic carbocycles. The molecule has 20 heavy (non-hydrogen) atoms. The van der Waals surface area contributed by atoms with Gasteiger partial charge in [0, 0.05) is 18.2 Å². The Bertz CT molecular complexity index is 473. The Kier molecular flexibility index (Phi) is 6.16. The van der Waals surface area contributed by atoms with Crippen LogP contribution in [0.25, 0.3) is 0 Å². The van der Waals surface area contributed by atoms with Crippen molar-refractivity contribution in [3.63, 3.8) is 0 Å². The summed E-state index contributed by atoms with van der Waals surface area (Å²) in [5.41, 5.74) is -0.193. The maximum atomic E-state index is 13.2. The molecule has 0 bridgehead atoms. The quantitative estimate of drug-likeness (QED) is 0.686. The molecule has 0 aliphatic heterocycles. The zero-order valence-corrected chi connectivity index (χ0v) is 12.0. The average molecular weight is 305 g/mol. The number of nitrogens with zero attached hydrogens (tertiary/aromatic N) is 1. The van der Waals surface area contributed by atoms with Crippen molar-refractivity contribution >= 4 is 18.1 Å². The highest BCUT2D eigenvalue weighted by molar-refractivity contribution is 5.85. The highest BCUT2D eigenvalue weighted by atomic mass is 35.5. The van der Waals surface area contributed by atoms with E-state index in [2.05, 4.69) is 5.32 Å². The summed E-state index contributed by atoms with van der Waals surface area (Å²) in [7, 11) is 1.84. The summed E-state index contributed by atoms with van der Waals surface area (Å²) >= 11 is 0. The summed E-state index contributed by atoms with van der Waals surface area (Å²) in [6.45, 7) is 0. The second kappa shape index (κ2) is 7.40. The summed E-state index contributed by atoms with van der Waals surface area (Å²) < 4.78 is 18.9. The third kappa shape index (κ3) is 3.80. The average Bonchev–Trinajstić information content (AvgIpc) is 2.39. The van der Waals surface area contributed by atoms with Gasteiger partial charge in [0.05, 0.1) is 4.92 Å². The summed E-state index contributed by atoms with van der Waals surface area (Å²) in [5.74, 6) is -0.519. The molecule has 7 heteroatoms. The maximum absolute atomic E-state index is 13.2. The smallest absolute Gasteiger partial charge is 0.311 e. The first kappa shape index (κ1) is 16.7. The van der Waals surface area contributed by atoms with E-state index in [4.69, 9.17) is 4.74 Å². The maximum Gasteiger partial charge on any atom is 0.311 e. The number of halogens is 2. The molecule has 1 saturated carbocycles. The number of nitro groups is 1. The van der Waals surface area contributed by atoms with Crippen molar-refractivity contribution in [2.75, 3.05) is 7.05 Å². The SMILES string of the molecule is CNC1CCCCC1Oc1cc(F)ccc1[N+](=O)[O-].Cl. The Hall–Kier alpha value is -1.40. The van der Waals surface area contributed by atoms with E-state index in [-0.39, 0.29) is 36.0 Å². The van der Waals surface area contributed by atoms with Crippen molar-refractivity contribution in [1.29, 1.82) is 0 Å². The first-order valence-electron chi connectivity index (χ1n) is 6.39. The lowest BCUT2D eigenvalue weighted by atomic mass is 9.92. The van der Waals surface area contributed by atoms with Crippen molar-refractivity contribution in [3.8, 4) is 5.75 Å². The van der Waals surface area contributed by atoms with E-state index in [0.29, 0.717) is 0 Å². The van der Waals surface area contributed by atoms with Crippen molar-refractivity contribution in [2.45, 2.75) is 37.8 Å². The van der Waals surface area contributed by atoms with Crippen LogP contribution in [0.3, 0.4) is 0 Å². The van der Waals surface area contributed by atoms with Crippen LogP contribution in [-0.2, 0) is 0 Å². The van der Waals surface area contributed by atoms with Gasteiger partial charge < -0.3 is 10.1 Å². The van der Waals surface area contributed by atoms with Crippen LogP contribution in [0.4, 0.5) is 10.1 Å². The highest BCUT2D eigenvalue weighted by Gasteiger charge is 2.28. The van der Waals surface area contributed by atoms with E-state index in [1.807, 2.05) is 7.05 Å². The van der Waals surface area contributed by atoms with Crippen LogP contribution < -0.4 is 10.1 Å². The van der Waals surface area contributed by atoms with Gasteiger partial charge in [-0.15, -0.1) is 12.4 Å². The van der Waals surface area contributed by atoms with E-state index >= 15 is 0 Å². The second-order valence-electron chi connectivity index (χ2n) is 4.71. The van der Waals surface area contributed by atoms with Crippen LogP contribution in [0.15, 0.2) is 18.2 Å². The topological polar surface area (TPSA) is 64.4 Å². The third-order valence-corrected chi connectivity index (χ3v) is 3.47. The molecule has 5 nitrogen and oxygen atoms in total. The summed E-state index contributed by atoms with van der Waals surface area (Å²) in [4.78, 5) is 10.4. The van der Waals surface area contributed by atoms with Crippen LogP contribution >= 0.6 is 12.4 Å². The molecule has 0 radical (unpaired) electrons. The van der Waals surface area contributed by atoms with E-state index in [9.17, 15) is 14.5 Å². The lowest BCUT2D eigenvalue weighted by Gasteiger charge is -2.31. The van der Waals surface area contributed by atoms with Gasteiger partial charge in [0.15, 0.2) is 5.75 Å². The third-order valence-electron chi connectivity index (χ3n) is 3.47. The summed E-state index contributed by atoms with van der Waals surface area (Å²) in [6.07, 6.45) is 3.76. The standard InChI is InChI=1S/C13H17FN2O3.ClH/c1-15-10-4-2-3-5-12(10)19-13-8-9(14)6-7-11(13)16(17)18;/h6-8,10,12,15H,2-5H2,1H3;1H. The van der Waals surface area contributed by atoms with Gasteiger partial charge in [-0.3, -0.25) is 10.1 Å². The zero-order chi connectivity index (χ0) is 13.8. The fraction of sp³-hybridized carbons (Fsp3) is 0.538. The van der Waals surface area contributed by atoms with Crippen molar-refractivity contribution in [1.82, 2.24) is 5.32 Å². The monoisotopic (exact) mass is 304 g/mol. The number of ether oxygens (including phenoxy) is 1. The first-order chi connectivity index (χ1) is 9.11. The molecular weight excluding hydrogens is 287 g/mol. The van der Waals surface area contributed by atoms with Crippen LogP contribution in [-0.4, -0.2) is 24.1 Å². The molecule has 0 aromatic heterocycles. The van der Waals surface area contributed by atoms with Crippen LogP contribution in [0.5, 0.6) is 5.75 Å². The summed E-state index contributed by atoms with van der Waals surface area (Å²) in [5, 5.41) is 14.1. The van der Waals surface area contributed by atoms with Gasteiger partial charge in [0.2, 0.25) is 0 Å². The number of nitrogens with one attached hydrogen (secondary N) is 1. The van der Waals surface area contributed by atoms with Gasteiger partial charge in [0.1, 0.15) is 11.9 Å². The number of benzene rings is 1. The second-order valence-corrected chi connectivity index (χ2v) is 4.71. The van der Waals surface area contributed by atoms with Crippen molar-refractivity contribution < 1.29 is 14.1 Å². The molecule has 1 aliphatic rings. The van der Waals surface area contributed by atoms with Gasteiger partial charge in [-0.2, -0.15) is 0 Å². The van der Waals surface area contributed by atoms with Crippen LogP contribution in [0, 0.1) is 15.9 Å². The molecule has 1 fully saturated rings. The fourth-order valence-electron chi connectivity index (χ4n) is 2.46. The minimum absolute atomic E-state index is 0. The van der Waals surface area contributed by atoms with Crippen LogP contribution in [0.2, 0.25) is 0 Å². The lowest BCUT2D eigenvalue weighted by Crippen LogP contribution is -2.43. The Labute approximate surface area is 123 Å². The lowest BCUT2D eigenvalue weighted by molar-refractivity contribution is -0.386. The molecule has 0 saturated heterocycles. The van der Waals surface area contributed by atoms with Gasteiger partial charge in [-0.05, 0) is 32.4 Å². The molecule has 0 amide bonds. The molecule has 112 valence electrons. The van der Waals surface area contributed by atoms with Gasteiger partial charge in [-0.25, -0.2) is 4.39 Å². The Morgan fingerprint density at radius 3 is 2.75 bits per heavy atom. The zero-order valence-electron chi connectivity index (χ0n) is 11.2. The number of hydrogen-bond acceptors (Lipinski definition) is 4. The number of rotatable bonds is 4. The molecule has 1 aromatic rings. The summed E-state index contributed by atoms with van der Waals surface area (Å²) in [6, 6.07) is 3.44. The number of likely N-dealkylation sites (N-methyl/N-ethyl adjacent to an activating group) is 1. The van der Waals surface area contributed by atoms with Crippen molar-refractivity contribution in [3.05, 3.63) is 34.1 Å². The van der Waals surface area contributed by atoms with Gasteiger partial charge in [-0.1, -0.05) is 6.42 Å². The minimum Gasteiger partial charge on any atom is -0.482 e. The molecular formula is C13H18ClFN2O3. The minimum atomic E-state index is -0.550. The predicted molar refractivity (Wildman–Crippen MR) is 76.0 cm³/mol. The fourth-order valence-corrected chi connectivity index (χ4v) is 2.46. The van der Waals surface area contributed by atoms with Gasteiger partial charge in [0.25, 0.3) is 0 Å². The van der Waals surface area contributed by atoms with Gasteiger partial charge >= 0.3 is 5.69 Å². The van der Waals surface area contributed by atoms with E-state index in [0.717, 1.165) is 43.9 Å².